The van der Waals surface area contributed by atoms with Gasteiger partial charge in [-0.3, -0.25) is 4.79 Å². The van der Waals surface area contributed by atoms with Crippen molar-refractivity contribution in [1.82, 2.24) is 34.6 Å². The molecule has 1 aliphatic carbocycles. The Hall–Kier alpha value is -2.71. The number of carbonyl (C=O) groups is 1. The first kappa shape index (κ1) is 17.7. The van der Waals surface area contributed by atoms with Gasteiger partial charge in [0, 0.05) is 40.7 Å². The van der Waals surface area contributed by atoms with E-state index in [1.807, 2.05) is 44.3 Å². The number of aromatic nitrogens is 4. The summed E-state index contributed by atoms with van der Waals surface area (Å²) < 4.78 is 2.09. The summed E-state index contributed by atoms with van der Waals surface area (Å²) in [7, 11) is 7.78. The summed E-state index contributed by atoms with van der Waals surface area (Å²) in [5.41, 5.74) is 1.45. The summed E-state index contributed by atoms with van der Waals surface area (Å²) in [4.78, 5) is 33.9. The minimum Gasteiger partial charge on any atom is -0.351 e. The molecule has 9 nitrogen and oxygen atoms in total. The second-order valence-electron chi connectivity index (χ2n) is 7.85. The van der Waals surface area contributed by atoms with Gasteiger partial charge in [-0.2, -0.15) is 4.99 Å². The molecule has 1 amide bonds. The lowest BCUT2D eigenvalue weighted by Gasteiger charge is -2.40. The average molecular weight is 370 g/mol. The van der Waals surface area contributed by atoms with Gasteiger partial charge in [0.25, 0.3) is 0 Å². The van der Waals surface area contributed by atoms with Crippen molar-refractivity contribution in [3.63, 3.8) is 0 Å². The molecule has 0 unspecified atom stereocenters. The van der Waals surface area contributed by atoms with Gasteiger partial charge >= 0.3 is 0 Å². The van der Waals surface area contributed by atoms with Crippen molar-refractivity contribution in [2.24, 2.45) is 10.9 Å². The third kappa shape index (κ3) is 3.22. The van der Waals surface area contributed by atoms with Crippen molar-refractivity contribution in [2.75, 3.05) is 28.2 Å². The number of nitrogens with zero attached hydrogens (tertiary/aromatic N) is 7. The van der Waals surface area contributed by atoms with E-state index in [9.17, 15) is 4.79 Å². The van der Waals surface area contributed by atoms with Crippen LogP contribution in [0, 0.1) is 5.92 Å². The normalized spacial score (nSPS) is 24.4. The van der Waals surface area contributed by atoms with Gasteiger partial charge in [-0.05, 0) is 25.2 Å². The molecule has 2 fully saturated rings. The number of nitrogens with one attached hydrogen (secondary N) is 1. The van der Waals surface area contributed by atoms with Gasteiger partial charge in [-0.25, -0.2) is 15.0 Å². The van der Waals surface area contributed by atoms with Crippen molar-refractivity contribution in [1.29, 1.82) is 0 Å². The maximum Gasteiger partial charge on any atom is 0.220 e. The highest BCUT2D eigenvalue weighted by molar-refractivity contribution is 5.88. The molecule has 2 bridgehead atoms. The third-order valence-electron chi connectivity index (χ3n) is 5.45. The lowest BCUT2D eigenvalue weighted by Crippen LogP contribution is -2.49. The van der Waals surface area contributed by atoms with Crippen LogP contribution in [-0.2, 0) is 4.79 Å². The molecule has 4 rings (SSSR count). The maximum atomic E-state index is 12.0. The highest BCUT2D eigenvalue weighted by atomic mass is 16.1. The van der Waals surface area contributed by atoms with E-state index in [-0.39, 0.29) is 18.0 Å². The smallest absolute Gasteiger partial charge is 0.220 e. The Morgan fingerprint density at radius 2 is 1.96 bits per heavy atom. The SMILES string of the molecule is CN(C)C(=Nc1ncnc2c1ncn2[C@H]1CC[C@@H]2CC(=O)N[C@H]1C2)N(C)C. The lowest BCUT2D eigenvalue weighted by molar-refractivity contribution is -0.126. The van der Waals surface area contributed by atoms with Crippen LogP contribution in [0.4, 0.5) is 5.82 Å². The molecule has 0 aromatic carbocycles. The Balaban J connectivity index is 1.73. The van der Waals surface area contributed by atoms with Crippen molar-refractivity contribution in [3.8, 4) is 0 Å². The first-order valence-electron chi connectivity index (χ1n) is 9.34. The van der Waals surface area contributed by atoms with Gasteiger partial charge in [-0.1, -0.05) is 0 Å². The van der Waals surface area contributed by atoms with Crippen molar-refractivity contribution in [3.05, 3.63) is 12.7 Å². The monoisotopic (exact) mass is 370 g/mol. The lowest BCUT2D eigenvalue weighted by atomic mass is 9.77. The molecular weight excluding hydrogens is 344 g/mol. The van der Waals surface area contributed by atoms with E-state index in [2.05, 4.69) is 24.8 Å². The molecule has 1 N–H and O–H groups in total. The molecule has 2 aromatic rings. The van der Waals surface area contributed by atoms with E-state index in [4.69, 9.17) is 4.99 Å². The number of carbonyl (C=O) groups excluding carboxylic acids is 1. The van der Waals surface area contributed by atoms with Crippen LogP contribution in [0.25, 0.3) is 11.2 Å². The number of aliphatic imine (C=N–C) groups is 1. The molecule has 3 atom stereocenters. The number of rotatable bonds is 2. The van der Waals surface area contributed by atoms with Gasteiger partial charge in [0.1, 0.15) is 6.33 Å². The average Bonchev–Trinajstić information content (AvgIpc) is 3.03. The summed E-state index contributed by atoms with van der Waals surface area (Å²) >= 11 is 0. The van der Waals surface area contributed by atoms with Crippen LogP contribution in [0.3, 0.4) is 0 Å². The highest BCUT2D eigenvalue weighted by Crippen LogP contribution is 2.38. The summed E-state index contributed by atoms with van der Waals surface area (Å²) in [6.07, 6.45) is 7.12. The Bertz CT molecular complexity index is 877. The predicted molar refractivity (Wildman–Crippen MR) is 103 cm³/mol. The standard InChI is InChI=1S/C18H26N8O/c1-24(2)18(25(3)4)23-16-15-17(20-9-19-16)26(10-21-15)13-6-5-11-7-12(13)22-14(27)8-11/h9-13H,5-8H2,1-4H3,(H,22,27)/t11-,12-,13-/m0/s1. The quantitative estimate of drug-likeness (QED) is 0.630. The molecule has 0 spiro atoms. The zero-order valence-electron chi connectivity index (χ0n) is 16.3. The number of hydrogen-bond acceptors (Lipinski definition) is 5. The molecule has 2 aromatic heterocycles. The summed E-state index contributed by atoms with van der Waals surface area (Å²) in [5.74, 6) is 2.00. The van der Waals surface area contributed by atoms with Gasteiger partial charge < -0.3 is 19.7 Å². The second kappa shape index (κ2) is 6.79. The molecule has 1 saturated carbocycles. The fraction of sp³-hybridized carbons (Fsp3) is 0.611. The van der Waals surface area contributed by atoms with E-state index < -0.39 is 0 Å². The molecule has 27 heavy (non-hydrogen) atoms. The van der Waals surface area contributed by atoms with Crippen LogP contribution in [-0.4, -0.2) is 75.4 Å². The topological polar surface area (TPSA) is 91.5 Å². The fourth-order valence-corrected chi connectivity index (χ4v) is 4.30. The molecule has 3 heterocycles. The molecule has 1 aliphatic heterocycles. The number of imidazole rings is 1. The zero-order chi connectivity index (χ0) is 19.1. The van der Waals surface area contributed by atoms with Gasteiger partial charge in [0.05, 0.1) is 12.4 Å². The predicted octanol–water partition coefficient (Wildman–Crippen LogP) is 1.17. The van der Waals surface area contributed by atoms with Crippen LogP contribution in [0.5, 0.6) is 0 Å². The first-order chi connectivity index (χ1) is 12.9. The Kier molecular flexibility index (Phi) is 4.45. The molecule has 9 heteroatoms. The molecule has 1 saturated heterocycles. The van der Waals surface area contributed by atoms with Crippen molar-refractivity contribution < 1.29 is 4.79 Å². The zero-order valence-corrected chi connectivity index (χ0v) is 16.3. The molecule has 144 valence electrons. The van der Waals surface area contributed by atoms with Crippen LogP contribution < -0.4 is 5.32 Å². The highest BCUT2D eigenvalue weighted by Gasteiger charge is 2.38. The van der Waals surface area contributed by atoms with Crippen LogP contribution >= 0.6 is 0 Å². The molecular formula is C18H26N8O. The maximum absolute atomic E-state index is 12.0. The number of piperidine rings is 1. The summed E-state index contributed by atoms with van der Waals surface area (Å²) in [6, 6.07) is 0.313. The minimum atomic E-state index is 0.142. The number of hydrogen-bond donors (Lipinski definition) is 1. The fourth-order valence-electron chi connectivity index (χ4n) is 4.30. The van der Waals surface area contributed by atoms with E-state index in [0.29, 0.717) is 23.7 Å². The van der Waals surface area contributed by atoms with Crippen LogP contribution in [0.15, 0.2) is 17.6 Å². The molecule has 0 radical (unpaired) electrons. The van der Waals surface area contributed by atoms with Crippen molar-refractivity contribution >= 4 is 28.8 Å². The summed E-state index contributed by atoms with van der Waals surface area (Å²) in [5, 5.41) is 3.16. The molecule has 2 aliphatic rings. The Morgan fingerprint density at radius 1 is 1.19 bits per heavy atom. The van der Waals surface area contributed by atoms with E-state index in [0.717, 1.165) is 30.9 Å². The number of guanidine groups is 1. The van der Waals surface area contributed by atoms with E-state index in [1.54, 1.807) is 0 Å². The number of amides is 1. The van der Waals surface area contributed by atoms with Crippen LogP contribution in [0.2, 0.25) is 0 Å². The van der Waals surface area contributed by atoms with Crippen LogP contribution in [0.1, 0.15) is 31.7 Å². The number of fused-ring (bicyclic) bond motifs is 3. The third-order valence-corrected chi connectivity index (χ3v) is 5.45. The van der Waals surface area contributed by atoms with E-state index in [1.165, 1.54) is 6.33 Å². The summed E-state index contributed by atoms with van der Waals surface area (Å²) in [6.45, 7) is 0. The van der Waals surface area contributed by atoms with Gasteiger partial charge in [0.2, 0.25) is 11.9 Å². The second-order valence-corrected chi connectivity index (χ2v) is 7.85. The van der Waals surface area contributed by atoms with Gasteiger partial charge in [-0.15, -0.1) is 0 Å². The largest absolute Gasteiger partial charge is 0.351 e. The Labute approximate surface area is 158 Å². The van der Waals surface area contributed by atoms with Crippen molar-refractivity contribution in [2.45, 2.75) is 37.8 Å². The minimum absolute atomic E-state index is 0.142. The Morgan fingerprint density at radius 3 is 2.70 bits per heavy atom. The van der Waals surface area contributed by atoms with E-state index >= 15 is 0 Å². The first-order valence-corrected chi connectivity index (χ1v) is 9.34. The van der Waals surface area contributed by atoms with Gasteiger partial charge in [0.15, 0.2) is 17.0 Å².